The average molecular weight is 294 g/mol. The van der Waals surface area contributed by atoms with E-state index in [1.807, 2.05) is 6.08 Å². The largest absolute Gasteiger partial charge is 0.353 e. The van der Waals surface area contributed by atoms with Gasteiger partial charge in [0, 0.05) is 19.0 Å². The summed E-state index contributed by atoms with van der Waals surface area (Å²) in [7, 11) is 0. The second-order valence-corrected chi connectivity index (χ2v) is 5.97. The molecule has 1 aromatic heterocycles. The first-order valence-electron chi connectivity index (χ1n) is 7.19. The molecule has 1 saturated carbocycles. The molecule has 1 N–H and O–H groups in total. The summed E-state index contributed by atoms with van der Waals surface area (Å²) in [5.74, 6) is 1.47. The van der Waals surface area contributed by atoms with Crippen LogP contribution in [0, 0.1) is 0 Å². The zero-order valence-electron chi connectivity index (χ0n) is 12.0. The van der Waals surface area contributed by atoms with Crippen LogP contribution in [0.2, 0.25) is 0 Å². The van der Waals surface area contributed by atoms with Gasteiger partial charge in [0.25, 0.3) is 0 Å². The number of carbonyl (C=O) groups is 1. The van der Waals surface area contributed by atoms with E-state index in [2.05, 4.69) is 33.6 Å². The molecule has 0 spiro atoms. The van der Waals surface area contributed by atoms with Gasteiger partial charge in [-0.2, -0.15) is 0 Å². The van der Waals surface area contributed by atoms with Gasteiger partial charge in [-0.05, 0) is 19.3 Å². The third-order valence-electron chi connectivity index (χ3n) is 3.13. The van der Waals surface area contributed by atoms with Gasteiger partial charge in [-0.1, -0.05) is 31.2 Å². The number of nitrogens with one attached hydrogen (secondary N) is 1. The van der Waals surface area contributed by atoms with E-state index >= 15 is 0 Å². The summed E-state index contributed by atoms with van der Waals surface area (Å²) in [6, 6.07) is 0.411. The van der Waals surface area contributed by atoms with Gasteiger partial charge in [-0.3, -0.25) is 4.79 Å². The highest BCUT2D eigenvalue weighted by Gasteiger charge is 2.23. The standard InChI is InChI=1S/C14H22N4OS/c1-3-5-6-12-16-17-14(18(12)9-4-2)20-10-13(19)15-11-7-8-11/h4,11H,2-3,5-10H2,1H3,(H,15,19). The minimum atomic E-state index is 0.0840. The molecule has 2 rings (SSSR count). The second kappa shape index (κ2) is 7.47. The number of aromatic nitrogens is 3. The van der Waals surface area contributed by atoms with E-state index in [4.69, 9.17) is 0 Å². The van der Waals surface area contributed by atoms with Crippen molar-refractivity contribution < 1.29 is 4.79 Å². The number of aryl methyl sites for hydroxylation is 1. The highest BCUT2D eigenvalue weighted by Crippen LogP contribution is 2.21. The number of hydrogen-bond donors (Lipinski definition) is 1. The Morgan fingerprint density at radius 1 is 1.55 bits per heavy atom. The number of carbonyl (C=O) groups excluding carboxylic acids is 1. The van der Waals surface area contributed by atoms with Crippen molar-refractivity contribution in [3.8, 4) is 0 Å². The predicted octanol–water partition coefficient (Wildman–Crippen LogP) is 2.18. The summed E-state index contributed by atoms with van der Waals surface area (Å²) in [5, 5.41) is 12.2. The Kier molecular flexibility index (Phi) is 5.64. The molecule has 1 aliphatic carbocycles. The lowest BCUT2D eigenvalue weighted by Crippen LogP contribution is -2.27. The smallest absolute Gasteiger partial charge is 0.230 e. The molecule has 110 valence electrons. The molecule has 0 bridgehead atoms. The maximum Gasteiger partial charge on any atom is 0.230 e. The van der Waals surface area contributed by atoms with Crippen LogP contribution in [0.4, 0.5) is 0 Å². The monoisotopic (exact) mass is 294 g/mol. The number of unbranched alkanes of at least 4 members (excludes halogenated alkanes) is 1. The molecule has 5 nitrogen and oxygen atoms in total. The van der Waals surface area contributed by atoms with Crippen molar-refractivity contribution in [1.29, 1.82) is 0 Å². The SMILES string of the molecule is C=CCn1c(CCCC)nnc1SCC(=O)NC1CC1. The lowest BCUT2D eigenvalue weighted by Gasteiger charge is -2.07. The summed E-state index contributed by atoms with van der Waals surface area (Å²) in [6.07, 6.45) is 7.23. The van der Waals surface area contributed by atoms with Crippen molar-refractivity contribution in [2.45, 2.75) is 56.8 Å². The van der Waals surface area contributed by atoms with E-state index < -0.39 is 0 Å². The minimum Gasteiger partial charge on any atom is -0.353 e. The Morgan fingerprint density at radius 3 is 3.00 bits per heavy atom. The molecule has 0 saturated heterocycles. The van der Waals surface area contributed by atoms with Gasteiger partial charge in [0.2, 0.25) is 5.91 Å². The van der Waals surface area contributed by atoms with Gasteiger partial charge in [-0.15, -0.1) is 16.8 Å². The zero-order valence-corrected chi connectivity index (χ0v) is 12.8. The van der Waals surface area contributed by atoms with Crippen molar-refractivity contribution in [3.63, 3.8) is 0 Å². The van der Waals surface area contributed by atoms with E-state index in [1.54, 1.807) is 0 Å². The van der Waals surface area contributed by atoms with Crippen LogP contribution < -0.4 is 5.32 Å². The summed E-state index contributed by atoms with van der Waals surface area (Å²) < 4.78 is 2.05. The minimum absolute atomic E-state index is 0.0840. The number of nitrogens with zero attached hydrogens (tertiary/aromatic N) is 3. The first-order chi connectivity index (χ1) is 9.74. The zero-order chi connectivity index (χ0) is 14.4. The van der Waals surface area contributed by atoms with E-state index in [1.165, 1.54) is 11.8 Å². The lowest BCUT2D eigenvalue weighted by atomic mass is 10.2. The predicted molar refractivity (Wildman–Crippen MR) is 80.7 cm³/mol. The van der Waals surface area contributed by atoms with Crippen LogP contribution in [0.3, 0.4) is 0 Å². The van der Waals surface area contributed by atoms with Crippen molar-refractivity contribution in [1.82, 2.24) is 20.1 Å². The highest BCUT2D eigenvalue weighted by atomic mass is 32.2. The van der Waals surface area contributed by atoms with Gasteiger partial charge in [0.15, 0.2) is 5.16 Å². The maximum atomic E-state index is 11.7. The Labute approximate surface area is 124 Å². The molecule has 0 aliphatic heterocycles. The highest BCUT2D eigenvalue weighted by molar-refractivity contribution is 7.99. The van der Waals surface area contributed by atoms with Crippen LogP contribution in [-0.2, 0) is 17.8 Å². The fourth-order valence-corrected chi connectivity index (χ4v) is 2.66. The van der Waals surface area contributed by atoms with Crippen LogP contribution in [0.15, 0.2) is 17.8 Å². The molecule has 1 heterocycles. The van der Waals surface area contributed by atoms with Crippen molar-refractivity contribution in [3.05, 3.63) is 18.5 Å². The molecular weight excluding hydrogens is 272 g/mol. The lowest BCUT2D eigenvalue weighted by molar-refractivity contribution is -0.118. The molecule has 0 radical (unpaired) electrons. The fraction of sp³-hybridized carbons (Fsp3) is 0.643. The molecule has 1 amide bonds. The Bertz CT molecular complexity index is 468. The van der Waals surface area contributed by atoms with E-state index in [9.17, 15) is 4.79 Å². The van der Waals surface area contributed by atoms with E-state index in [0.29, 0.717) is 18.3 Å². The van der Waals surface area contributed by atoms with Crippen LogP contribution in [-0.4, -0.2) is 32.5 Å². The first kappa shape index (κ1) is 15.1. The van der Waals surface area contributed by atoms with E-state index in [-0.39, 0.29) is 5.91 Å². The molecule has 0 aromatic carbocycles. The van der Waals surface area contributed by atoms with Gasteiger partial charge in [0.05, 0.1) is 5.75 Å². The van der Waals surface area contributed by atoms with Gasteiger partial charge >= 0.3 is 0 Å². The molecular formula is C14H22N4OS. The van der Waals surface area contributed by atoms with Crippen LogP contribution in [0.5, 0.6) is 0 Å². The fourth-order valence-electron chi connectivity index (χ4n) is 1.89. The van der Waals surface area contributed by atoms with Crippen LogP contribution >= 0.6 is 11.8 Å². The summed E-state index contributed by atoms with van der Waals surface area (Å²) in [6.45, 7) is 6.63. The topological polar surface area (TPSA) is 59.8 Å². The van der Waals surface area contributed by atoms with Gasteiger partial charge < -0.3 is 9.88 Å². The van der Waals surface area contributed by atoms with Crippen LogP contribution in [0.1, 0.15) is 38.4 Å². The van der Waals surface area contributed by atoms with Gasteiger partial charge in [-0.25, -0.2) is 0 Å². The summed E-state index contributed by atoms with van der Waals surface area (Å²) in [4.78, 5) is 11.7. The van der Waals surface area contributed by atoms with E-state index in [0.717, 1.165) is 43.1 Å². The van der Waals surface area contributed by atoms with Crippen molar-refractivity contribution in [2.75, 3.05) is 5.75 Å². The summed E-state index contributed by atoms with van der Waals surface area (Å²) >= 11 is 1.45. The molecule has 1 aliphatic rings. The molecule has 1 aromatic rings. The number of hydrogen-bond acceptors (Lipinski definition) is 4. The normalized spacial score (nSPS) is 14.2. The molecule has 6 heteroatoms. The van der Waals surface area contributed by atoms with Crippen molar-refractivity contribution in [2.24, 2.45) is 0 Å². The summed E-state index contributed by atoms with van der Waals surface area (Å²) in [5.41, 5.74) is 0. The molecule has 1 fully saturated rings. The Morgan fingerprint density at radius 2 is 2.35 bits per heavy atom. The maximum absolute atomic E-state index is 11.7. The third-order valence-corrected chi connectivity index (χ3v) is 4.10. The Balaban J connectivity index is 1.92. The second-order valence-electron chi connectivity index (χ2n) is 5.03. The van der Waals surface area contributed by atoms with Crippen molar-refractivity contribution >= 4 is 17.7 Å². The average Bonchev–Trinajstić information content (AvgIpc) is 3.16. The Hall–Kier alpha value is -1.30. The van der Waals surface area contributed by atoms with Crippen LogP contribution in [0.25, 0.3) is 0 Å². The molecule has 0 atom stereocenters. The number of allylic oxidation sites excluding steroid dienone is 1. The van der Waals surface area contributed by atoms with Gasteiger partial charge in [0.1, 0.15) is 5.82 Å². The quantitative estimate of drug-likeness (QED) is 0.560. The number of thioether (sulfide) groups is 1. The molecule has 20 heavy (non-hydrogen) atoms. The number of amides is 1. The number of rotatable bonds is 9. The third kappa shape index (κ3) is 4.37. The molecule has 0 unspecified atom stereocenters. The first-order valence-corrected chi connectivity index (χ1v) is 8.18.